The number of urea groups is 1. The minimum Gasteiger partial charge on any atom is -0.488 e. The molecule has 0 atom stereocenters. The maximum atomic E-state index is 13.6. The predicted molar refractivity (Wildman–Crippen MR) is 227 cm³/mol. The Hall–Kier alpha value is -6.14. The summed E-state index contributed by atoms with van der Waals surface area (Å²) in [6, 6.07) is 15.1. The van der Waals surface area contributed by atoms with Gasteiger partial charge in [-0.2, -0.15) is 10.4 Å². The molecule has 9 rings (SSSR count). The fourth-order valence-corrected chi connectivity index (χ4v) is 10.5. The Balaban J connectivity index is 0.751. The summed E-state index contributed by atoms with van der Waals surface area (Å²) in [4.78, 5) is 57.9. The second-order valence-corrected chi connectivity index (χ2v) is 17.9. The summed E-state index contributed by atoms with van der Waals surface area (Å²) in [6.45, 7) is 13.7. The number of amides is 4. The largest absolute Gasteiger partial charge is 0.488 e. The van der Waals surface area contributed by atoms with Crippen molar-refractivity contribution >= 4 is 51.3 Å². The molecular formula is C45H51N11O4. The number of rotatable bonds is 9. The number of nitrogens with zero attached hydrogens (tertiary/aromatic N) is 9. The summed E-state index contributed by atoms with van der Waals surface area (Å²) >= 11 is 0. The van der Waals surface area contributed by atoms with Gasteiger partial charge in [-0.25, -0.2) is 14.8 Å². The van der Waals surface area contributed by atoms with Gasteiger partial charge in [-0.15, -0.1) is 0 Å². The van der Waals surface area contributed by atoms with Gasteiger partial charge in [-0.3, -0.25) is 29.5 Å². The van der Waals surface area contributed by atoms with Gasteiger partial charge in [0, 0.05) is 86.5 Å². The van der Waals surface area contributed by atoms with E-state index in [1.807, 2.05) is 36.4 Å². The van der Waals surface area contributed by atoms with Crippen LogP contribution in [0.15, 0.2) is 67.3 Å². The first kappa shape index (κ1) is 39.3. The van der Waals surface area contributed by atoms with Crippen LogP contribution in [-0.4, -0.2) is 98.9 Å². The minimum absolute atomic E-state index is 0.142. The van der Waals surface area contributed by atoms with Gasteiger partial charge in [-0.1, -0.05) is 27.7 Å². The Kier molecular flexibility index (Phi) is 10.1. The minimum atomic E-state index is -0.443. The van der Waals surface area contributed by atoms with E-state index in [0.29, 0.717) is 40.7 Å². The molecule has 15 nitrogen and oxygen atoms in total. The molecular weight excluding hydrogens is 759 g/mol. The van der Waals surface area contributed by atoms with E-state index < -0.39 is 6.03 Å². The number of likely N-dealkylation sites (tertiary alicyclic amines) is 1. The van der Waals surface area contributed by atoms with Crippen LogP contribution in [0.25, 0.3) is 21.8 Å². The number of piperidine rings is 2. The number of hydrogen-bond donors (Lipinski definition) is 2. The zero-order valence-electron chi connectivity index (χ0n) is 34.6. The molecule has 3 aliphatic heterocycles. The number of hydrogen-bond acceptors (Lipinski definition) is 11. The highest BCUT2D eigenvalue weighted by Gasteiger charge is 2.64. The maximum absolute atomic E-state index is 13.6. The number of imide groups is 1. The van der Waals surface area contributed by atoms with E-state index in [4.69, 9.17) is 14.8 Å². The normalized spacial score (nSPS) is 22.3. The molecule has 1 aliphatic carbocycles. The van der Waals surface area contributed by atoms with Crippen molar-refractivity contribution in [2.24, 2.45) is 16.7 Å². The quantitative estimate of drug-likeness (QED) is 0.183. The zero-order chi connectivity index (χ0) is 41.8. The molecule has 4 fully saturated rings. The van der Waals surface area contributed by atoms with Crippen molar-refractivity contribution in [1.82, 2.24) is 40.3 Å². The average Bonchev–Trinajstić information content (AvgIpc) is 3.70. The smallest absolute Gasteiger partial charge is 0.329 e. The monoisotopic (exact) mass is 809 g/mol. The first-order valence-corrected chi connectivity index (χ1v) is 21.0. The number of carbonyl (C=O) groups is 3. The van der Waals surface area contributed by atoms with Crippen LogP contribution in [-0.2, 0) is 4.79 Å². The number of carbonyl (C=O) groups excluding carboxylic acids is 3. The fourth-order valence-electron chi connectivity index (χ4n) is 10.5. The average molecular weight is 810 g/mol. The van der Waals surface area contributed by atoms with Crippen LogP contribution in [0.3, 0.4) is 0 Å². The molecule has 60 heavy (non-hydrogen) atoms. The number of nitriles is 1. The van der Waals surface area contributed by atoms with Crippen molar-refractivity contribution in [2.75, 3.05) is 49.1 Å². The second-order valence-electron chi connectivity index (χ2n) is 17.9. The van der Waals surface area contributed by atoms with Gasteiger partial charge in [-0.05, 0) is 74.1 Å². The molecule has 1 aromatic carbocycles. The summed E-state index contributed by atoms with van der Waals surface area (Å²) in [6.07, 6.45) is 11.1. The number of aromatic nitrogens is 5. The topological polar surface area (TPSA) is 174 Å². The van der Waals surface area contributed by atoms with Crippen molar-refractivity contribution in [1.29, 1.82) is 5.26 Å². The SMILES string of the molecule is CC1(C)[C@H](NC(=O)c2ccc(N3CCC(CN4CCC(n5ncc6c(N7CCC(=O)NC7=O)nccc65)CC4)CC3)nc2)C(C)(C)[C@H]1Oc1ccc(C#N)c2ncccc12. The van der Waals surface area contributed by atoms with Crippen LogP contribution in [0.2, 0.25) is 0 Å². The third-order valence-electron chi connectivity index (χ3n) is 13.4. The highest BCUT2D eigenvalue weighted by molar-refractivity contribution is 6.08. The van der Waals surface area contributed by atoms with Crippen molar-refractivity contribution in [3.63, 3.8) is 0 Å². The molecule has 4 aliphatic rings. The van der Waals surface area contributed by atoms with Gasteiger partial charge in [0.05, 0.1) is 39.8 Å². The highest BCUT2D eigenvalue weighted by atomic mass is 16.5. The Morgan fingerprint density at radius 3 is 2.40 bits per heavy atom. The van der Waals surface area contributed by atoms with Gasteiger partial charge in [0.15, 0.2) is 0 Å². The molecule has 3 saturated heterocycles. The first-order chi connectivity index (χ1) is 28.9. The van der Waals surface area contributed by atoms with Gasteiger partial charge >= 0.3 is 6.03 Å². The molecule has 4 aromatic heterocycles. The van der Waals surface area contributed by atoms with E-state index in [1.165, 1.54) is 4.90 Å². The van der Waals surface area contributed by atoms with Gasteiger partial charge in [0.2, 0.25) is 5.91 Å². The number of ether oxygens (including phenoxy) is 1. The number of pyridine rings is 3. The lowest BCUT2D eigenvalue weighted by molar-refractivity contribution is -0.163. The standard InChI is InChI=1S/C45H51N11O4/c1-44(2)41(45(3,4)42(44)60-35-9-7-29(24-46)38-32(35)6-5-17-47-38)52-40(58)30-8-10-36(49-25-30)54-21-12-28(13-22-54)27-53-19-14-31(15-20-53)56-34-11-18-48-39(33(34)26-50-56)55-23-16-37(57)51-43(55)59/h5-11,17-18,25-26,28,31,41-42H,12-16,19-23,27H2,1-4H3,(H,52,58)(H,51,57,59)/t41-,42-. The van der Waals surface area contributed by atoms with Crippen molar-refractivity contribution in [2.45, 2.75) is 78.0 Å². The van der Waals surface area contributed by atoms with Crippen molar-refractivity contribution in [3.05, 3.63) is 78.4 Å². The zero-order valence-corrected chi connectivity index (χ0v) is 34.6. The lowest BCUT2D eigenvalue weighted by Crippen LogP contribution is -2.74. The van der Waals surface area contributed by atoms with Gasteiger partial charge in [0.25, 0.3) is 5.91 Å². The van der Waals surface area contributed by atoms with Crippen molar-refractivity contribution in [3.8, 4) is 11.8 Å². The first-order valence-electron chi connectivity index (χ1n) is 21.0. The molecule has 5 aromatic rings. The summed E-state index contributed by atoms with van der Waals surface area (Å²) in [5.74, 6) is 2.31. The predicted octanol–water partition coefficient (Wildman–Crippen LogP) is 5.86. The van der Waals surface area contributed by atoms with Crippen LogP contribution in [0.1, 0.15) is 81.8 Å². The fraction of sp³-hybridized carbons (Fsp3) is 0.467. The molecule has 0 bridgehead atoms. The van der Waals surface area contributed by atoms with E-state index in [2.05, 4.69) is 68.8 Å². The lowest BCUT2D eigenvalue weighted by atomic mass is 9.49. The number of fused-ring (bicyclic) bond motifs is 2. The molecule has 1 saturated carbocycles. The number of benzene rings is 1. The van der Waals surface area contributed by atoms with Crippen LogP contribution in [0.5, 0.6) is 5.75 Å². The Morgan fingerprint density at radius 1 is 0.900 bits per heavy atom. The summed E-state index contributed by atoms with van der Waals surface area (Å²) in [5, 5.41) is 21.6. The van der Waals surface area contributed by atoms with Crippen LogP contribution < -0.4 is 25.2 Å². The van der Waals surface area contributed by atoms with E-state index in [0.717, 1.165) is 80.5 Å². The highest BCUT2D eigenvalue weighted by Crippen LogP contribution is 2.56. The molecule has 0 unspecified atom stereocenters. The second kappa shape index (κ2) is 15.5. The molecule has 0 radical (unpaired) electrons. The Labute approximate surface area is 349 Å². The third kappa shape index (κ3) is 7.06. The van der Waals surface area contributed by atoms with E-state index in [1.54, 1.807) is 30.9 Å². The summed E-state index contributed by atoms with van der Waals surface area (Å²) < 4.78 is 8.74. The van der Waals surface area contributed by atoms with Gasteiger partial charge in [0.1, 0.15) is 29.6 Å². The Morgan fingerprint density at radius 2 is 1.68 bits per heavy atom. The van der Waals surface area contributed by atoms with E-state index in [9.17, 15) is 19.6 Å². The number of anilines is 2. The molecule has 310 valence electrons. The summed E-state index contributed by atoms with van der Waals surface area (Å²) in [5.41, 5.74) is 1.88. The third-order valence-corrected chi connectivity index (χ3v) is 13.4. The summed E-state index contributed by atoms with van der Waals surface area (Å²) in [7, 11) is 0. The molecule has 7 heterocycles. The molecule has 15 heteroatoms. The van der Waals surface area contributed by atoms with Crippen LogP contribution in [0, 0.1) is 28.1 Å². The molecule has 2 N–H and O–H groups in total. The molecule has 4 amide bonds. The maximum Gasteiger partial charge on any atom is 0.329 e. The van der Waals surface area contributed by atoms with E-state index in [-0.39, 0.29) is 47.3 Å². The van der Waals surface area contributed by atoms with Gasteiger partial charge < -0.3 is 19.9 Å². The lowest BCUT2D eigenvalue weighted by Gasteiger charge is -2.63. The number of nitrogens with one attached hydrogen (secondary N) is 2. The Bertz CT molecular complexity index is 2480. The van der Waals surface area contributed by atoms with Crippen molar-refractivity contribution < 1.29 is 19.1 Å². The molecule has 0 spiro atoms. The van der Waals surface area contributed by atoms with Crippen LogP contribution >= 0.6 is 0 Å². The van der Waals surface area contributed by atoms with E-state index >= 15 is 0 Å². The van der Waals surface area contributed by atoms with Crippen LogP contribution in [0.4, 0.5) is 16.4 Å².